The van der Waals surface area contributed by atoms with Crippen molar-refractivity contribution >= 4 is 5.84 Å². The number of nitrogens with two attached hydrogens (primary N) is 1. The van der Waals surface area contributed by atoms with Gasteiger partial charge in [-0.05, 0) is 13.0 Å². The minimum atomic E-state index is -2.27. The highest BCUT2D eigenvalue weighted by molar-refractivity contribution is 5.81. The van der Waals surface area contributed by atoms with Crippen molar-refractivity contribution in [2.75, 3.05) is 19.6 Å². The minimum absolute atomic E-state index is 0.0647. The molecule has 1 fully saturated rings. The van der Waals surface area contributed by atoms with E-state index < -0.39 is 12.3 Å². The van der Waals surface area contributed by atoms with Gasteiger partial charge in [0, 0.05) is 12.5 Å². The van der Waals surface area contributed by atoms with E-state index in [0.29, 0.717) is 19.5 Å². The first-order valence-electron chi connectivity index (χ1n) is 4.10. The topological polar surface area (TPSA) is 61.8 Å². The molecule has 76 valence electrons. The van der Waals surface area contributed by atoms with Gasteiger partial charge in [-0.15, -0.1) is 0 Å². The lowest BCUT2D eigenvalue weighted by molar-refractivity contribution is 0.0817. The van der Waals surface area contributed by atoms with Crippen LogP contribution in [0.15, 0.2) is 5.16 Å². The molecule has 1 aliphatic heterocycles. The Balaban J connectivity index is 2.33. The molecule has 1 rings (SSSR count). The van der Waals surface area contributed by atoms with Gasteiger partial charge in [-0.25, -0.2) is 8.78 Å². The third kappa shape index (κ3) is 2.80. The number of likely N-dealkylation sites (tertiary alicyclic amines) is 1. The number of hydrogen-bond acceptors (Lipinski definition) is 3. The lowest BCUT2D eigenvalue weighted by Crippen LogP contribution is -2.32. The van der Waals surface area contributed by atoms with Crippen molar-refractivity contribution in [1.29, 1.82) is 0 Å². The van der Waals surface area contributed by atoms with E-state index in [9.17, 15) is 8.78 Å². The largest absolute Gasteiger partial charge is 0.409 e. The molecule has 1 atom stereocenters. The van der Waals surface area contributed by atoms with Crippen LogP contribution in [0.3, 0.4) is 0 Å². The van der Waals surface area contributed by atoms with Gasteiger partial charge in [0.2, 0.25) is 6.43 Å². The molecule has 1 heterocycles. The standard InChI is InChI=1S/C7H13F2N3O/c8-7(9)5-1-2-12(3-5)4-6(10)11-13/h5,7,13H,1-4H2,(H2,10,11)/t5-/m0/s1. The maximum absolute atomic E-state index is 12.2. The Hall–Kier alpha value is -0.910. The molecule has 0 amide bonds. The summed E-state index contributed by atoms with van der Waals surface area (Å²) in [4.78, 5) is 1.76. The second-order valence-corrected chi connectivity index (χ2v) is 3.21. The van der Waals surface area contributed by atoms with Crippen LogP contribution >= 0.6 is 0 Å². The molecule has 1 saturated heterocycles. The first kappa shape index (κ1) is 10.2. The third-order valence-corrected chi connectivity index (χ3v) is 2.18. The van der Waals surface area contributed by atoms with Gasteiger partial charge in [0.25, 0.3) is 0 Å². The number of nitrogens with zero attached hydrogens (tertiary/aromatic N) is 2. The third-order valence-electron chi connectivity index (χ3n) is 2.18. The van der Waals surface area contributed by atoms with Crippen LogP contribution in [-0.2, 0) is 0 Å². The average molecular weight is 193 g/mol. The summed E-state index contributed by atoms with van der Waals surface area (Å²) in [5, 5.41) is 11.0. The maximum Gasteiger partial charge on any atom is 0.242 e. The molecule has 4 nitrogen and oxygen atoms in total. The summed E-state index contributed by atoms with van der Waals surface area (Å²) in [6, 6.07) is 0. The molecule has 1 aliphatic rings. The van der Waals surface area contributed by atoms with Crippen molar-refractivity contribution in [2.45, 2.75) is 12.8 Å². The average Bonchev–Trinajstić information content (AvgIpc) is 2.52. The Morgan fingerprint density at radius 1 is 1.69 bits per heavy atom. The highest BCUT2D eigenvalue weighted by Crippen LogP contribution is 2.21. The van der Waals surface area contributed by atoms with Crippen LogP contribution in [0.25, 0.3) is 0 Å². The second-order valence-electron chi connectivity index (χ2n) is 3.21. The molecular weight excluding hydrogens is 180 g/mol. The van der Waals surface area contributed by atoms with Crippen molar-refractivity contribution in [1.82, 2.24) is 4.90 Å². The minimum Gasteiger partial charge on any atom is -0.409 e. The lowest BCUT2D eigenvalue weighted by Gasteiger charge is -2.14. The Morgan fingerprint density at radius 3 is 2.85 bits per heavy atom. The van der Waals surface area contributed by atoms with Crippen LogP contribution in [0.5, 0.6) is 0 Å². The monoisotopic (exact) mass is 193 g/mol. The van der Waals surface area contributed by atoms with E-state index >= 15 is 0 Å². The number of oxime groups is 1. The zero-order valence-electron chi connectivity index (χ0n) is 7.16. The smallest absolute Gasteiger partial charge is 0.242 e. The Labute approximate surface area is 75.0 Å². The summed E-state index contributed by atoms with van der Waals surface area (Å²) < 4.78 is 24.4. The molecule has 0 aromatic heterocycles. The summed E-state index contributed by atoms with van der Waals surface area (Å²) in [6.45, 7) is 1.18. The molecule has 0 aromatic rings. The van der Waals surface area contributed by atoms with Gasteiger partial charge in [-0.2, -0.15) is 0 Å². The van der Waals surface area contributed by atoms with Crippen molar-refractivity contribution in [3.63, 3.8) is 0 Å². The molecule has 3 N–H and O–H groups in total. The highest BCUT2D eigenvalue weighted by Gasteiger charge is 2.29. The second kappa shape index (κ2) is 4.36. The molecular formula is C7H13F2N3O. The van der Waals surface area contributed by atoms with Crippen LogP contribution in [0.2, 0.25) is 0 Å². The van der Waals surface area contributed by atoms with Gasteiger partial charge in [0.15, 0.2) is 5.84 Å². The SMILES string of the molecule is NC(CN1CC[C@H](C(F)F)C1)=NO. The molecule has 0 bridgehead atoms. The van der Waals surface area contributed by atoms with Gasteiger partial charge < -0.3 is 10.9 Å². The molecule has 0 saturated carbocycles. The summed E-state index contributed by atoms with van der Waals surface area (Å²) in [7, 11) is 0. The van der Waals surface area contributed by atoms with Crippen molar-refractivity contribution in [3.05, 3.63) is 0 Å². The van der Waals surface area contributed by atoms with E-state index in [2.05, 4.69) is 5.16 Å². The van der Waals surface area contributed by atoms with Crippen molar-refractivity contribution < 1.29 is 14.0 Å². The van der Waals surface area contributed by atoms with Crippen molar-refractivity contribution in [2.24, 2.45) is 16.8 Å². The van der Waals surface area contributed by atoms with Crippen LogP contribution in [0.1, 0.15) is 6.42 Å². The highest BCUT2D eigenvalue weighted by atomic mass is 19.3. The van der Waals surface area contributed by atoms with Crippen LogP contribution < -0.4 is 5.73 Å². The Morgan fingerprint density at radius 2 is 2.38 bits per heavy atom. The zero-order valence-corrected chi connectivity index (χ0v) is 7.16. The van der Waals surface area contributed by atoms with E-state index in [1.54, 1.807) is 4.90 Å². The molecule has 0 unspecified atom stereocenters. The summed E-state index contributed by atoms with van der Waals surface area (Å²) in [5.74, 6) is -0.499. The molecule has 0 radical (unpaired) electrons. The van der Waals surface area contributed by atoms with Crippen molar-refractivity contribution in [3.8, 4) is 0 Å². The fourth-order valence-electron chi connectivity index (χ4n) is 1.47. The lowest BCUT2D eigenvalue weighted by atomic mass is 10.1. The molecule has 0 aromatic carbocycles. The first-order valence-corrected chi connectivity index (χ1v) is 4.10. The van der Waals surface area contributed by atoms with E-state index in [0.717, 1.165) is 0 Å². The van der Waals surface area contributed by atoms with Crippen LogP contribution in [-0.4, -0.2) is 42.0 Å². The molecule has 0 aliphatic carbocycles. The summed E-state index contributed by atoms with van der Waals surface area (Å²) in [5.41, 5.74) is 5.25. The maximum atomic E-state index is 12.2. The van der Waals surface area contributed by atoms with E-state index in [4.69, 9.17) is 10.9 Å². The van der Waals surface area contributed by atoms with Gasteiger partial charge >= 0.3 is 0 Å². The van der Waals surface area contributed by atoms with Gasteiger partial charge in [-0.3, -0.25) is 4.90 Å². The predicted molar refractivity (Wildman–Crippen MR) is 44.0 cm³/mol. The van der Waals surface area contributed by atoms with Gasteiger partial charge in [0.05, 0.1) is 6.54 Å². The Bertz CT molecular complexity index is 198. The molecule has 0 spiro atoms. The predicted octanol–water partition coefficient (Wildman–Crippen LogP) is 0.320. The number of hydrogen-bond donors (Lipinski definition) is 2. The summed E-state index contributed by atoms with van der Waals surface area (Å²) >= 11 is 0. The summed E-state index contributed by atoms with van der Waals surface area (Å²) in [6.07, 6.45) is -1.78. The van der Waals surface area contributed by atoms with E-state index in [1.807, 2.05) is 0 Å². The zero-order chi connectivity index (χ0) is 9.84. The number of amidine groups is 1. The number of rotatable bonds is 3. The molecule has 6 heteroatoms. The van der Waals surface area contributed by atoms with Crippen LogP contribution in [0, 0.1) is 5.92 Å². The fraction of sp³-hybridized carbons (Fsp3) is 0.857. The fourth-order valence-corrected chi connectivity index (χ4v) is 1.47. The quantitative estimate of drug-likeness (QED) is 0.293. The molecule has 13 heavy (non-hydrogen) atoms. The van der Waals surface area contributed by atoms with Gasteiger partial charge in [-0.1, -0.05) is 5.16 Å². The van der Waals surface area contributed by atoms with Gasteiger partial charge in [0.1, 0.15) is 0 Å². The van der Waals surface area contributed by atoms with E-state index in [-0.39, 0.29) is 12.4 Å². The normalized spacial score (nSPS) is 25.8. The first-order chi connectivity index (χ1) is 6.13. The number of alkyl halides is 2. The Kier molecular flexibility index (Phi) is 3.41. The number of halogens is 2. The van der Waals surface area contributed by atoms with Crippen LogP contribution in [0.4, 0.5) is 8.78 Å². The van der Waals surface area contributed by atoms with E-state index in [1.165, 1.54) is 0 Å².